The van der Waals surface area contributed by atoms with Gasteiger partial charge in [0.15, 0.2) is 5.75 Å². The molecule has 0 spiro atoms. The van der Waals surface area contributed by atoms with E-state index < -0.39 is 6.09 Å². The lowest BCUT2D eigenvalue weighted by molar-refractivity contribution is -0.0149. The molecule has 1 aliphatic heterocycles. The Balaban J connectivity index is 2.01. The van der Waals surface area contributed by atoms with E-state index >= 15 is 0 Å². The maximum absolute atomic E-state index is 11.0. The smallest absolute Gasteiger partial charge is 0.407 e. The molecule has 0 unspecified atom stereocenters. The second-order valence-corrected chi connectivity index (χ2v) is 4.00. The van der Waals surface area contributed by atoms with Crippen LogP contribution in [0.2, 0.25) is 0 Å². The molecule has 1 aliphatic rings. The number of rotatable bonds is 3. The molecule has 0 aromatic carbocycles. The number of carbonyl (C=O) groups is 1. The highest BCUT2D eigenvalue weighted by atomic mass is 16.5. The molecule has 1 aromatic heterocycles. The summed E-state index contributed by atoms with van der Waals surface area (Å²) in [6.45, 7) is 1.13. The van der Waals surface area contributed by atoms with Crippen LogP contribution in [0.3, 0.4) is 0 Å². The zero-order valence-corrected chi connectivity index (χ0v) is 10.2. The summed E-state index contributed by atoms with van der Waals surface area (Å²) in [5, 5.41) is 18.0. The van der Waals surface area contributed by atoms with E-state index in [1.54, 1.807) is 6.07 Å². The minimum Gasteiger partial charge on any atom is -0.488 e. The van der Waals surface area contributed by atoms with Crippen molar-refractivity contribution in [2.45, 2.75) is 6.04 Å². The lowest BCUT2D eigenvalue weighted by Gasteiger charge is -2.33. The number of nitriles is 1. The molecular weight excluding hydrogens is 250 g/mol. The predicted molar refractivity (Wildman–Crippen MR) is 63.8 cm³/mol. The molecule has 100 valence electrons. The van der Waals surface area contributed by atoms with Gasteiger partial charge in [-0.3, -0.25) is 9.88 Å². The molecule has 1 aromatic rings. The van der Waals surface area contributed by atoms with E-state index in [-0.39, 0.29) is 19.3 Å². The van der Waals surface area contributed by atoms with Crippen LogP contribution in [0.1, 0.15) is 5.56 Å². The Labute approximate surface area is 110 Å². The van der Waals surface area contributed by atoms with Crippen LogP contribution in [0.25, 0.3) is 0 Å². The second-order valence-electron chi connectivity index (χ2n) is 4.00. The molecule has 0 bridgehead atoms. The van der Waals surface area contributed by atoms with Crippen molar-refractivity contribution in [1.29, 1.82) is 5.26 Å². The van der Waals surface area contributed by atoms with Crippen molar-refractivity contribution in [3.05, 3.63) is 24.0 Å². The third-order valence-electron chi connectivity index (χ3n) is 2.81. The largest absolute Gasteiger partial charge is 0.488 e. The maximum Gasteiger partial charge on any atom is 0.407 e. The quantitative estimate of drug-likeness (QED) is 0.862. The number of ether oxygens (including phenoxy) is 2. The van der Waals surface area contributed by atoms with Crippen molar-refractivity contribution in [2.75, 3.05) is 26.4 Å². The van der Waals surface area contributed by atoms with E-state index in [1.807, 2.05) is 6.07 Å². The van der Waals surface area contributed by atoms with Crippen molar-refractivity contribution in [1.82, 2.24) is 9.88 Å². The van der Waals surface area contributed by atoms with E-state index in [1.165, 1.54) is 17.3 Å². The molecular formula is C12H13N3O4. The molecule has 1 fully saturated rings. The van der Waals surface area contributed by atoms with Crippen molar-refractivity contribution >= 4 is 6.09 Å². The zero-order valence-electron chi connectivity index (χ0n) is 10.2. The van der Waals surface area contributed by atoms with E-state index in [9.17, 15) is 4.79 Å². The fourth-order valence-electron chi connectivity index (χ4n) is 1.82. The molecule has 0 aliphatic carbocycles. The van der Waals surface area contributed by atoms with E-state index in [2.05, 4.69) is 4.98 Å². The fourth-order valence-corrected chi connectivity index (χ4v) is 1.82. The summed E-state index contributed by atoms with van der Waals surface area (Å²) in [6.07, 6.45) is 1.94. The number of amides is 1. The second kappa shape index (κ2) is 6.02. The number of aromatic nitrogens is 1. The third kappa shape index (κ3) is 3.11. The number of carboxylic acid groups (broad SMARTS) is 1. The Morgan fingerprint density at radius 2 is 2.58 bits per heavy atom. The summed E-state index contributed by atoms with van der Waals surface area (Å²) in [5.41, 5.74) is 0.369. The van der Waals surface area contributed by atoms with Gasteiger partial charge in [-0.2, -0.15) is 5.26 Å². The van der Waals surface area contributed by atoms with Crippen LogP contribution in [0.15, 0.2) is 18.5 Å². The first-order valence-electron chi connectivity index (χ1n) is 5.76. The maximum atomic E-state index is 11.0. The molecule has 19 heavy (non-hydrogen) atoms. The summed E-state index contributed by atoms with van der Waals surface area (Å²) in [7, 11) is 0. The lowest BCUT2D eigenvalue weighted by atomic mass is 10.2. The average Bonchev–Trinajstić information content (AvgIpc) is 2.45. The summed E-state index contributed by atoms with van der Waals surface area (Å²) < 4.78 is 10.7. The van der Waals surface area contributed by atoms with Crippen molar-refractivity contribution < 1.29 is 19.4 Å². The lowest BCUT2D eigenvalue weighted by Crippen LogP contribution is -2.50. The highest BCUT2D eigenvalue weighted by Crippen LogP contribution is 2.16. The SMILES string of the molecule is N#Cc1ccncc1OC[C@H]1COCCN1C(=O)O. The molecule has 1 N–H and O–H groups in total. The first kappa shape index (κ1) is 13.1. The van der Waals surface area contributed by atoms with Gasteiger partial charge in [-0.25, -0.2) is 4.79 Å². The Bertz CT molecular complexity index is 500. The summed E-state index contributed by atoms with van der Waals surface area (Å²) in [6, 6.07) is 3.16. The van der Waals surface area contributed by atoms with Crippen LogP contribution < -0.4 is 4.74 Å². The highest BCUT2D eigenvalue weighted by molar-refractivity contribution is 5.65. The topological polar surface area (TPSA) is 95.7 Å². The number of nitrogens with zero attached hydrogens (tertiary/aromatic N) is 3. The van der Waals surface area contributed by atoms with E-state index in [4.69, 9.17) is 19.8 Å². The average molecular weight is 263 g/mol. The van der Waals surface area contributed by atoms with Crippen LogP contribution >= 0.6 is 0 Å². The molecule has 0 radical (unpaired) electrons. The standard InChI is InChI=1S/C12H13N3O4/c13-5-9-1-2-14-6-11(9)19-8-10-7-18-4-3-15(10)12(16)17/h1-2,6,10H,3-4,7-8H2,(H,16,17)/t10-/m1/s1. The molecule has 2 rings (SSSR count). The normalized spacial score (nSPS) is 18.7. The van der Waals surface area contributed by atoms with Gasteiger partial charge in [0.25, 0.3) is 0 Å². The van der Waals surface area contributed by atoms with Crippen LogP contribution in [0, 0.1) is 11.3 Å². The van der Waals surface area contributed by atoms with Crippen LogP contribution in [0.5, 0.6) is 5.75 Å². The summed E-state index contributed by atoms with van der Waals surface area (Å²) in [4.78, 5) is 16.2. The van der Waals surface area contributed by atoms with Crippen molar-refractivity contribution in [3.63, 3.8) is 0 Å². The summed E-state index contributed by atoms with van der Waals surface area (Å²) >= 11 is 0. The minimum absolute atomic E-state index is 0.132. The molecule has 1 saturated heterocycles. The van der Waals surface area contributed by atoms with Gasteiger partial charge in [0.05, 0.1) is 31.0 Å². The summed E-state index contributed by atoms with van der Waals surface area (Å²) in [5.74, 6) is 0.348. The van der Waals surface area contributed by atoms with Gasteiger partial charge in [-0.15, -0.1) is 0 Å². The number of hydrogen-bond acceptors (Lipinski definition) is 5. The Morgan fingerprint density at radius 3 is 3.32 bits per heavy atom. The number of hydrogen-bond donors (Lipinski definition) is 1. The molecule has 7 heteroatoms. The number of morpholine rings is 1. The van der Waals surface area contributed by atoms with Gasteiger partial charge < -0.3 is 14.6 Å². The van der Waals surface area contributed by atoms with Crippen LogP contribution in [0.4, 0.5) is 4.79 Å². The molecule has 2 heterocycles. The Hall–Kier alpha value is -2.33. The van der Waals surface area contributed by atoms with E-state index in [0.717, 1.165) is 0 Å². The van der Waals surface area contributed by atoms with Gasteiger partial charge in [0.2, 0.25) is 0 Å². The first-order valence-corrected chi connectivity index (χ1v) is 5.76. The van der Waals surface area contributed by atoms with Gasteiger partial charge >= 0.3 is 6.09 Å². The Kier molecular flexibility index (Phi) is 4.15. The van der Waals surface area contributed by atoms with Crippen molar-refractivity contribution in [3.8, 4) is 11.8 Å². The first-order chi connectivity index (χ1) is 9.22. The Morgan fingerprint density at radius 1 is 1.74 bits per heavy atom. The third-order valence-corrected chi connectivity index (χ3v) is 2.81. The van der Waals surface area contributed by atoms with Gasteiger partial charge in [-0.1, -0.05) is 0 Å². The predicted octanol–water partition coefficient (Wildman–Crippen LogP) is 0.711. The molecule has 1 atom stereocenters. The van der Waals surface area contributed by atoms with Gasteiger partial charge in [0.1, 0.15) is 12.7 Å². The van der Waals surface area contributed by atoms with Crippen LogP contribution in [-0.4, -0.2) is 53.5 Å². The number of pyridine rings is 1. The molecule has 0 saturated carbocycles. The highest BCUT2D eigenvalue weighted by Gasteiger charge is 2.27. The van der Waals surface area contributed by atoms with Crippen molar-refractivity contribution in [2.24, 2.45) is 0 Å². The fraction of sp³-hybridized carbons (Fsp3) is 0.417. The van der Waals surface area contributed by atoms with Crippen LogP contribution in [-0.2, 0) is 4.74 Å². The van der Waals surface area contributed by atoms with Gasteiger partial charge in [-0.05, 0) is 6.07 Å². The van der Waals surface area contributed by atoms with Gasteiger partial charge in [0, 0.05) is 12.7 Å². The van der Waals surface area contributed by atoms with E-state index in [0.29, 0.717) is 24.5 Å². The molecule has 1 amide bonds. The zero-order chi connectivity index (χ0) is 13.7. The molecule has 7 nitrogen and oxygen atoms in total. The monoisotopic (exact) mass is 263 g/mol. The minimum atomic E-state index is -0.997.